The lowest BCUT2D eigenvalue weighted by molar-refractivity contribution is 0.0950. The highest BCUT2D eigenvalue weighted by molar-refractivity contribution is 6.46. The van der Waals surface area contributed by atoms with Crippen molar-refractivity contribution in [1.29, 1.82) is 0 Å². The van der Waals surface area contributed by atoms with Gasteiger partial charge < -0.3 is 15.0 Å². The first-order valence-electron chi connectivity index (χ1n) is 12.0. The van der Waals surface area contributed by atoms with Crippen LogP contribution in [-0.4, -0.2) is 46.8 Å². The number of hydrazone groups is 1. The highest BCUT2D eigenvalue weighted by Crippen LogP contribution is 2.36. The van der Waals surface area contributed by atoms with Crippen LogP contribution in [0.15, 0.2) is 46.3 Å². The summed E-state index contributed by atoms with van der Waals surface area (Å²) in [6.45, 7) is 3.19. The van der Waals surface area contributed by atoms with Gasteiger partial charge in [0.25, 0.3) is 11.5 Å². The fourth-order valence-electron chi connectivity index (χ4n) is 5.27. The van der Waals surface area contributed by atoms with E-state index in [4.69, 9.17) is 45.3 Å². The minimum Gasteiger partial charge on any atom is -0.496 e. The summed E-state index contributed by atoms with van der Waals surface area (Å²) in [5.74, 6) is 0.826. The molecule has 0 unspecified atom stereocenters. The Kier molecular flexibility index (Phi) is 7.63. The highest BCUT2D eigenvalue weighted by atomic mass is 35.5. The molecule has 2 aromatic heterocycles. The number of aromatic nitrogens is 2. The number of piperidine rings is 1. The van der Waals surface area contributed by atoms with Gasteiger partial charge in [0, 0.05) is 49.4 Å². The van der Waals surface area contributed by atoms with Crippen LogP contribution < -0.4 is 21.5 Å². The number of pyridine rings is 2. The molecule has 3 N–H and O–H groups in total. The van der Waals surface area contributed by atoms with Gasteiger partial charge in [0.2, 0.25) is 0 Å². The van der Waals surface area contributed by atoms with Gasteiger partial charge in [-0.25, -0.2) is 10.4 Å². The Morgan fingerprint density at radius 3 is 2.82 bits per heavy atom. The highest BCUT2D eigenvalue weighted by Gasteiger charge is 2.34. The number of amides is 1. The summed E-state index contributed by atoms with van der Waals surface area (Å²) in [5.41, 5.74) is 10.9. The van der Waals surface area contributed by atoms with Crippen LogP contribution in [-0.2, 0) is 13.1 Å². The number of nitrogen functional groups attached to an aromatic ring is 1. The zero-order chi connectivity index (χ0) is 27.0. The molecule has 0 aliphatic carbocycles. The normalized spacial score (nSPS) is 18.8. The average molecular weight is 576 g/mol. The number of hydrogen-bond acceptors (Lipinski definition) is 7. The smallest absolute Gasteiger partial charge is 0.291 e. The van der Waals surface area contributed by atoms with E-state index in [1.807, 2.05) is 28.8 Å². The number of rotatable bonds is 6. The summed E-state index contributed by atoms with van der Waals surface area (Å²) in [6.07, 6.45) is 2.61. The van der Waals surface area contributed by atoms with E-state index in [2.05, 4.69) is 26.5 Å². The zero-order valence-corrected chi connectivity index (χ0v) is 22.7. The molecule has 5 rings (SSSR count). The first kappa shape index (κ1) is 26.5. The predicted molar refractivity (Wildman–Crippen MR) is 149 cm³/mol. The molecule has 1 fully saturated rings. The summed E-state index contributed by atoms with van der Waals surface area (Å²) in [4.78, 5) is 31.2. The molecule has 2 bridgehead atoms. The molecular formula is C26H25Cl3N6O3. The molecule has 12 heteroatoms. The number of nitrogens with zero attached hydrogens (tertiary/aromatic N) is 4. The SMILES string of the molecule is COc1ccc(/C=N\NC(=O)c2nc(Cl)c(Cl)c(N)c2Cl)cc1CN1C[C@@H]2C[C@@H](C1)c1cccc(=O)n1C2. The van der Waals surface area contributed by atoms with Crippen molar-refractivity contribution in [2.75, 3.05) is 25.9 Å². The van der Waals surface area contributed by atoms with Crippen molar-refractivity contribution in [3.8, 4) is 5.75 Å². The zero-order valence-electron chi connectivity index (χ0n) is 20.5. The lowest BCUT2D eigenvalue weighted by Crippen LogP contribution is -2.46. The Balaban J connectivity index is 1.29. The summed E-state index contributed by atoms with van der Waals surface area (Å²) in [7, 11) is 1.64. The number of ether oxygens (including phenoxy) is 1. The van der Waals surface area contributed by atoms with Crippen molar-refractivity contribution in [3.05, 3.63) is 84.5 Å². The van der Waals surface area contributed by atoms with E-state index in [0.29, 0.717) is 18.4 Å². The third-order valence-corrected chi connectivity index (χ3v) is 8.06. The molecule has 1 aromatic carbocycles. The van der Waals surface area contributed by atoms with Crippen molar-refractivity contribution < 1.29 is 9.53 Å². The molecule has 198 valence electrons. The Labute approximate surface area is 234 Å². The standard InChI is InChI=1S/C26H25Cl3N6O3/c1-38-19-6-5-14(9-31-33-26(37)24-21(27)23(30)22(28)25(29)32-24)7-17(19)13-34-10-15-8-16(12-34)18-3-2-4-20(36)35(18)11-15/h2-7,9,15-16H,8,10-13H2,1H3,(H2,30,32)(H,33,37)/b31-9-/t15-,16-/m0/s1. The summed E-state index contributed by atoms with van der Waals surface area (Å²) in [6, 6.07) is 11.2. The third kappa shape index (κ3) is 5.24. The van der Waals surface area contributed by atoms with Gasteiger partial charge in [-0.2, -0.15) is 5.10 Å². The first-order chi connectivity index (χ1) is 18.2. The van der Waals surface area contributed by atoms with Crippen molar-refractivity contribution >= 4 is 52.6 Å². The van der Waals surface area contributed by atoms with Crippen LogP contribution in [0.2, 0.25) is 15.2 Å². The van der Waals surface area contributed by atoms with Crippen LogP contribution in [0.3, 0.4) is 0 Å². The monoisotopic (exact) mass is 574 g/mol. The maximum Gasteiger partial charge on any atom is 0.291 e. The third-order valence-electron chi connectivity index (χ3n) is 6.92. The molecular weight excluding hydrogens is 551 g/mol. The van der Waals surface area contributed by atoms with Gasteiger partial charge in [-0.3, -0.25) is 14.5 Å². The number of anilines is 1. The summed E-state index contributed by atoms with van der Waals surface area (Å²) in [5, 5.41) is 3.80. The number of carbonyl (C=O) groups excluding carboxylic acids is 1. The van der Waals surface area contributed by atoms with Gasteiger partial charge in [-0.15, -0.1) is 0 Å². The summed E-state index contributed by atoms with van der Waals surface area (Å²) < 4.78 is 7.54. The van der Waals surface area contributed by atoms with E-state index in [1.165, 1.54) is 6.21 Å². The quantitative estimate of drug-likeness (QED) is 0.259. The minimum absolute atomic E-state index is 0.0158. The summed E-state index contributed by atoms with van der Waals surface area (Å²) >= 11 is 17.9. The van der Waals surface area contributed by atoms with Crippen LogP contribution in [0, 0.1) is 5.92 Å². The number of methoxy groups -OCH3 is 1. The van der Waals surface area contributed by atoms with E-state index in [0.717, 1.165) is 48.6 Å². The molecule has 3 aromatic rings. The van der Waals surface area contributed by atoms with E-state index in [9.17, 15) is 9.59 Å². The van der Waals surface area contributed by atoms with Gasteiger partial charge in [0.05, 0.1) is 24.0 Å². The van der Waals surface area contributed by atoms with Gasteiger partial charge in [-0.1, -0.05) is 40.9 Å². The molecule has 38 heavy (non-hydrogen) atoms. The molecule has 2 aliphatic heterocycles. The van der Waals surface area contributed by atoms with E-state index in [-0.39, 0.29) is 32.1 Å². The van der Waals surface area contributed by atoms with Crippen molar-refractivity contribution in [3.63, 3.8) is 0 Å². The number of fused-ring (bicyclic) bond motifs is 4. The molecule has 1 saturated heterocycles. The van der Waals surface area contributed by atoms with Crippen molar-refractivity contribution in [2.45, 2.75) is 25.4 Å². The Morgan fingerprint density at radius 1 is 1.21 bits per heavy atom. The fraction of sp³-hybridized carbons (Fsp3) is 0.308. The maximum absolute atomic E-state index is 12.5. The second-order valence-corrected chi connectivity index (χ2v) is 10.6. The predicted octanol–water partition coefficient (Wildman–Crippen LogP) is 4.18. The molecule has 1 amide bonds. The van der Waals surface area contributed by atoms with E-state index >= 15 is 0 Å². The van der Waals surface area contributed by atoms with Crippen LogP contribution in [0.25, 0.3) is 0 Å². The number of hydrogen-bond donors (Lipinski definition) is 2. The molecule has 4 heterocycles. The van der Waals surface area contributed by atoms with Gasteiger partial charge in [-0.05, 0) is 42.2 Å². The van der Waals surface area contributed by atoms with Crippen LogP contribution >= 0.6 is 34.8 Å². The van der Waals surface area contributed by atoms with Crippen molar-refractivity contribution in [1.82, 2.24) is 19.9 Å². The number of nitrogens with one attached hydrogen (secondary N) is 1. The van der Waals surface area contributed by atoms with Crippen LogP contribution in [0.4, 0.5) is 5.69 Å². The number of nitrogens with two attached hydrogens (primary N) is 1. The Hall–Kier alpha value is -3.11. The number of benzene rings is 1. The number of carbonyl (C=O) groups is 1. The van der Waals surface area contributed by atoms with E-state index in [1.54, 1.807) is 13.2 Å². The van der Waals surface area contributed by atoms with E-state index < -0.39 is 5.91 Å². The molecule has 2 atom stereocenters. The number of likely N-dealkylation sites (tertiary alicyclic amines) is 1. The maximum atomic E-state index is 12.5. The number of halogens is 3. The fourth-order valence-corrected chi connectivity index (χ4v) is 5.86. The van der Waals surface area contributed by atoms with Gasteiger partial charge in [0.1, 0.15) is 10.8 Å². The lowest BCUT2D eigenvalue weighted by atomic mass is 9.83. The second-order valence-electron chi connectivity index (χ2n) is 9.46. The Bertz CT molecular complexity index is 1490. The second kappa shape index (κ2) is 10.9. The minimum atomic E-state index is -0.676. The first-order valence-corrected chi connectivity index (χ1v) is 13.1. The van der Waals surface area contributed by atoms with Crippen LogP contribution in [0.5, 0.6) is 5.75 Å². The lowest BCUT2D eigenvalue weighted by Gasteiger charge is -2.42. The van der Waals surface area contributed by atoms with Crippen molar-refractivity contribution in [2.24, 2.45) is 11.0 Å². The average Bonchev–Trinajstić information content (AvgIpc) is 2.90. The van der Waals surface area contributed by atoms with Gasteiger partial charge >= 0.3 is 0 Å². The van der Waals surface area contributed by atoms with Gasteiger partial charge in [0.15, 0.2) is 10.8 Å². The molecule has 0 saturated carbocycles. The van der Waals surface area contributed by atoms with Crippen LogP contribution in [0.1, 0.15) is 39.6 Å². The molecule has 0 radical (unpaired) electrons. The topological polar surface area (TPSA) is 115 Å². The molecule has 2 aliphatic rings. The largest absolute Gasteiger partial charge is 0.496 e. The molecule has 9 nitrogen and oxygen atoms in total. The Morgan fingerprint density at radius 2 is 2.03 bits per heavy atom. The molecule has 0 spiro atoms.